The number of hydrogen-bond donors (Lipinski definition) is 2. The maximum absolute atomic E-state index is 12.3. The van der Waals surface area contributed by atoms with E-state index in [0.717, 1.165) is 35.3 Å². The van der Waals surface area contributed by atoms with Crippen LogP contribution in [0, 0.1) is 0 Å². The van der Waals surface area contributed by atoms with E-state index in [1.165, 1.54) is 0 Å². The summed E-state index contributed by atoms with van der Waals surface area (Å²) < 4.78 is 0. The molecule has 0 aliphatic carbocycles. The van der Waals surface area contributed by atoms with E-state index in [0.29, 0.717) is 18.7 Å². The number of amides is 2. The molecule has 5 nitrogen and oxygen atoms in total. The van der Waals surface area contributed by atoms with Crippen molar-refractivity contribution < 1.29 is 9.59 Å². The van der Waals surface area contributed by atoms with E-state index in [1.54, 1.807) is 17.9 Å². The quantitative estimate of drug-likeness (QED) is 0.847. The highest BCUT2D eigenvalue weighted by Crippen LogP contribution is 2.28. The van der Waals surface area contributed by atoms with Crippen molar-refractivity contribution in [2.45, 2.75) is 19.8 Å². The first kappa shape index (κ1) is 16.1. The summed E-state index contributed by atoms with van der Waals surface area (Å²) in [5.74, 6) is -0.0519. The van der Waals surface area contributed by atoms with E-state index in [4.69, 9.17) is 5.73 Å². The van der Waals surface area contributed by atoms with Gasteiger partial charge in [0.2, 0.25) is 5.91 Å². The topological polar surface area (TPSA) is 75.4 Å². The predicted molar refractivity (Wildman–Crippen MR) is 95.1 cm³/mol. The van der Waals surface area contributed by atoms with Crippen LogP contribution in [-0.4, -0.2) is 24.9 Å². The van der Waals surface area contributed by atoms with Crippen LogP contribution in [0.3, 0.4) is 0 Å². The molecule has 3 N–H and O–H groups in total. The maximum Gasteiger partial charge on any atom is 0.251 e. The monoisotopic (exact) mass is 323 g/mol. The Balaban J connectivity index is 1.60. The lowest BCUT2D eigenvalue weighted by molar-refractivity contribution is -0.116. The average molecular weight is 323 g/mol. The van der Waals surface area contributed by atoms with Crippen molar-refractivity contribution in [2.75, 3.05) is 23.7 Å². The van der Waals surface area contributed by atoms with Crippen LogP contribution in [0.1, 0.15) is 28.4 Å². The number of rotatable bonds is 4. The molecule has 0 fully saturated rings. The lowest BCUT2D eigenvalue weighted by atomic mass is 10.1. The predicted octanol–water partition coefficient (Wildman–Crippen LogP) is 2.15. The Kier molecular flexibility index (Phi) is 4.51. The summed E-state index contributed by atoms with van der Waals surface area (Å²) in [6.07, 6.45) is 1.55. The molecule has 1 aliphatic rings. The zero-order valence-electron chi connectivity index (χ0n) is 13.7. The van der Waals surface area contributed by atoms with E-state index < -0.39 is 0 Å². The van der Waals surface area contributed by atoms with Gasteiger partial charge >= 0.3 is 0 Å². The fourth-order valence-electron chi connectivity index (χ4n) is 2.98. The zero-order valence-corrected chi connectivity index (χ0v) is 13.7. The summed E-state index contributed by atoms with van der Waals surface area (Å²) in [5, 5.41) is 2.94. The molecule has 0 unspecified atom stereocenters. The number of nitrogens with two attached hydrogens (primary N) is 1. The highest BCUT2D eigenvalue weighted by atomic mass is 16.2. The summed E-state index contributed by atoms with van der Waals surface area (Å²) >= 11 is 0. The summed E-state index contributed by atoms with van der Waals surface area (Å²) in [7, 11) is 0. The summed E-state index contributed by atoms with van der Waals surface area (Å²) in [6, 6.07) is 13.2. The molecule has 0 bridgehead atoms. The fraction of sp³-hybridized carbons (Fsp3) is 0.263. The molecule has 0 radical (unpaired) electrons. The van der Waals surface area contributed by atoms with Crippen molar-refractivity contribution in [3.8, 4) is 0 Å². The Bertz CT molecular complexity index is 769. The number of carbonyl (C=O) groups excluding carboxylic acids is 2. The molecule has 2 aromatic rings. The van der Waals surface area contributed by atoms with Crippen LogP contribution >= 0.6 is 0 Å². The zero-order chi connectivity index (χ0) is 17.1. The van der Waals surface area contributed by atoms with Gasteiger partial charge in [-0.3, -0.25) is 9.59 Å². The summed E-state index contributed by atoms with van der Waals surface area (Å²) in [6.45, 7) is 2.82. The number of benzene rings is 2. The third kappa shape index (κ3) is 3.40. The molecule has 0 saturated carbocycles. The van der Waals surface area contributed by atoms with E-state index in [-0.39, 0.29) is 11.8 Å². The molecule has 124 valence electrons. The van der Waals surface area contributed by atoms with Crippen molar-refractivity contribution in [2.24, 2.45) is 0 Å². The Morgan fingerprint density at radius 3 is 2.62 bits per heavy atom. The summed E-state index contributed by atoms with van der Waals surface area (Å²) in [4.78, 5) is 25.6. The minimum absolute atomic E-state index is 0.0365. The molecule has 5 heteroatoms. The molecule has 2 aromatic carbocycles. The Morgan fingerprint density at radius 1 is 1.17 bits per heavy atom. The molecule has 0 atom stereocenters. The van der Waals surface area contributed by atoms with Crippen molar-refractivity contribution in [1.82, 2.24) is 5.32 Å². The lowest BCUT2D eigenvalue weighted by Gasteiger charge is -2.14. The van der Waals surface area contributed by atoms with Crippen LogP contribution in [-0.2, 0) is 17.6 Å². The van der Waals surface area contributed by atoms with Gasteiger partial charge in [0.1, 0.15) is 0 Å². The van der Waals surface area contributed by atoms with Gasteiger partial charge in [-0.05, 0) is 54.3 Å². The first-order valence-corrected chi connectivity index (χ1v) is 8.08. The third-order valence-corrected chi connectivity index (χ3v) is 4.30. The van der Waals surface area contributed by atoms with Gasteiger partial charge in [-0.1, -0.05) is 12.1 Å². The minimum Gasteiger partial charge on any atom is -0.399 e. The van der Waals surface area contributed by atoms with E-state index in [9.17, 15) is 9.59 Å². The second kappa shape index (κ2) is 6.74. The van der Waals surface area contributed by atoms with Gasteiger partial charge in [0.15, 0.2) is 0 Å². The van der Waals surface area contributed by atoms with Crippen LogP contribution in [0.15, 0.2) is 42.5 Å². The maximum atomic E-state index is 12.3. The lowest BCUT2D eigenvalue weighted by Crippen LogP contribution is -2.26. The number of carbonyl (C=O) groups is 2. The van der Waals surface area contributed by atoms with Crippen LogP contribution in [0.4, 0.5) is 11.4 Å². The van der Waals surface area contributed by atoms with Crippen LogP contribution in [0.5, 0.6) is 0 Å². The number of hydrogen-bond acceptors (Lipinski definition) is 3. The number of nitrogens with zero attached hydrogens (tertiary/aromatic N) is 1. The van der Waals surface area contributed by atoms with Crippen LogP contribution in [0.2, 0.25) is 0 Å². The molecule has 0 spiro atoms. The molecule has 1 aliphatic heterocycles. The van der Waals surface area contributed by atoms with Gasteiger partial charge < -0.3 is 16.0 Å². The molecule has 24 heavy (non-hydrogen) atoms. The van der Waals surface area contributed by atoms with E-state index >= 15 is 0 Å². The second-order valence-electron chi connectivity index (χ2n) is 6.01. The van der Waals surface area contributed by atoms with Gasteiger partial charge in [-0.2, -0.15) is 0 Å². The van der Waals surface area contributed by atoms with Crippen molar-refractivity contribution in [3.05, 3.63) is 59.2 Å². The number of nitrogens with one attached hydrogen (secondary N) is 1. The molecule has 1 heterocycles. The number of anilines is 2. The van der Waals surface area contributed by atoms with Crippen LogP contribution < -0.4 is 16.0 Å². The SMILES string of the molecule is CC(=O)N1CCc2cc(C(=O)NCCc3ccc(N)cc3)ccc21. The Hall–Kier alpha value is -2.82. The highest BCUT2D eigenvalue weighted by Gasteiger charge is 2.22. The van der Waals surface area contributed by atoms with Gasteiger partial charge in [0, 0.05) is 37.0 Å². The second-order valence-corrected chi connectivity index (χ2v) is 6.01. The minimum atomic E-state index is -0.0884. The van der Waals surface area contributed by atoms with Crippen molar-refractivity contribution in [3.63, 3.8) is 0 Å². The summed E-state index contributed by atoms with van der Waals surface area (Å²) in [5.41, 5.74) is 10.1. The standard InChI is InChI=1S/C19H21N3O2/c1-13(23)22-11-9-15-12-16(4-7-18(15)22)19(24)21-10-8-14-2-5-17(20)6-3-14/h2-7,12H,8-11,20H2,1H3,(H,21,24). The highest BCUT2D eigenvalue weighted by molar-refractivity contribution is 5.97. The Morgan fingerprint density at radius 2 is 1.92 bits per heavy atom. The van der Waals surface area contributed by atoms with Crippen molar-refractivity contribution >= 4 is 23.2 Å². The molecule has 0 saturated heterocycles. The number of nitrogen functional groups attached to an aromatic ring is 1. The van der Waals surface area contributed by atoms with Crippen molar-refractivity contribution in [1.29, 1.82) is 0 Å². The first-order chi connectivity index (χ1) is 11.5. The molecule has 2 amide bonds. The molecule has 0 aromatic heterocycles. The normalized spacial score (nSPS) is 12.8. The molecule has 3 rings (SSSR count). The van der Waals surface area contributed by atoms with Gasteiger partial charge in [-0.15, -0.1) is 0 Å². The van der Waals surface area contributed by atoms with E-state index in [1.807, 2.05) is 36.4 Å². The number of fused-ring (bicyclic) bond motifs is 1. The first-order valence-electron chi connectivity index (χ1n) is 8.08. The Labute approximate surface area is 141 Å². The fourth-order valence-corrected chi connectivity index (χ4v) is 2.98. The van der Waals surface area contributed by atoms with Gasteiger partial charge in [-0.25, -0.2) is 0 Å². The van der Waals surface area contributed by atoms with Crippen LogP contribution in [0.25, 0.3) is 0 Å². The third-order valence-electron chi connectivity index (χ3n) is 4.30. The molecular weight excluding hydrogens is 302 g/mol. The van der Waals surface area contributed by atoms with Gasteiger partial charge in [0.25, 0.3) is 5.91 Å². The molecular formula is C19H21N3O2. The van der Waals surface area contributed by atoms with E-state index in [2.05, 4.69) is 5.32 Å². The van der Waals surface area contributed by atoms with Gasteiger partial charge in [0.05, 0.1) is 0 Å². The smallest absolute Gasteiger partial charge is 0.251 e. The largest absolute Gasteiger partial charge is 0.399 e. The average Bonchev–Trinajstić information content (AvgIpc) is 3.00.